The highest BCUT2D eigenvalue weighted by atomic mass is 19.2. The molecule has 1 saturated heterocycles. The first-order chi connectivity index (χ1) is 13.0. The highest BCUT2D eigenvalue weighted by molar-refractivity contribution is 5.94. The van der Waals surface area contributed by atoms with Crippen molar-refractivity contribution in [3.8, 4) is 0 Å². The van der Waals surface area contributed by atoms with Crippen molar-refractivity contribution in [2.24, 2.45) is 4.99 Å². The maximum Gasteiger partial charge on any atom is 0.246 e. The second-order valence-electron chi connectivity index (χ2n) is 6.27. The summed E-state index contributed by atoms with van der Waals surface area (Å²) in [4.78, 5) is 18.5. The second kappa shape index (κ2) is 10.1. The van der Waals surface area contributed by atoms with Crippen molar-refractivity contribution < 1.29 is 18.0 Å². The Hall–Kier alpha value is -2.29. The van der Waals surface area contributed by atoms with Gasteiger partial charge in [-0.05, 0) is 45.0 Å². The summed E-state index contributed by atoms with van der Waals surface area (Å²) in [5.41, 5.74) is -0.420. The number of benzene rings is 1. The number of hydrogen-bond donors (Lipinski definition) is 3. The topological polar surface area (TPSA) is 68.8 Å². The fourth-order valence-corrected chi connectivity index (χ4v) is 3.06. The monoisotopic (exact) mass is 385 g/mol. The lowest BCUT2D eigenvalue weighted by Crippen LogP contribution is -2.45. The molecule has 2 rings (SSSR count). The van der Waals surface area contributed by atoms with Gasteiger partial charge in [0, 0.05) is 19.1 Å². The molecule has 3 N–H and O–H groups in total. The van der Waals surface area contributed by atoms with Crippen LogP contribution in [0.5, 0.6) is 0 Å². The number of aliphatic imine (C=N–C) groups is 1. The zero-order chi connectivity index (χ0) is 19.8. The quantitative estimate of drug-likeness (QED) is 0.382. The molecular formula is C18H26F3N5O. The molecule has 1 amide bonds. The normalized spacial score (nSPS) is 17.8. The Morgan fingerprint density at radius 2 is 2.00 bits per heavy atom. The molecule has 1 fully saturated rings. The predicted molar refractivity (Wildman–Crippen MR) is 99.2 cm³/mol. The lowest BCUT2D eigenvalue weighted by molar-refractivity contribution is -0.114. The van der Waals surface area contributed by atoms with Crippen LogP contribution in [0.2, 0.25) is 0 Å². The highest BCUT2D eigenvalue weighted by Crippen LogP contribution is 2.19. The molecule has 0 saturated carbocycles. The summed E-state index contributed by atoms with van der Waals surface area (Å²) in [6, 6.07) is 2.14. The van der Waals surface area contributed by atoms with Crippen LogP contribution in [0, 0.1) is 17.5 Å². The van der Waals surface area contributed by atoms with Crippen molar-refractivity contribution in [3.05, 3.63) is 29.6 Å². The maximum absolute atomic E-state index is 13.6. The second-order valence-corrected chi connectivity index (χ2v) is 6.27. The van der Waals surface area contributed by atoms with E-state index in [0.29, 0.717) is 25.1 Å². The first-order valence-corrected chi connectivity index (χ1v) is 9.15. The zero-order valence-electron chi connectivity index (χ0n) is 15.6. The van der Waals surface area contributed by atoms with E-state index in [4.69, 9.17) is 0 Å². The molecule has 1 aliphatic rings. The van der Waals surface area contributed by atoms with E-state index >= 15 is 0 Å². The molecule has 1 aliphatic heterocycles. The number of anilines is 1. The number of carbonyl (C=O) groups excluding carboxylic acids is 1. The molecule has 1 aromatic carbocycles. The first kappa shape index (κ1) is 21.0. The van der Waals surface area contributed by atoms with Gasteiger partial charge in [0.1, 0.15) is 6.54 Å². The van der Waals surface area contributed by atoms with E-state index in [-0.39, 0.29) is 6.54 Å². The van der Waals surface area contributed by atoms with E-state index < -0.39 is 29.0 Å². The van der Waals surface area contributed by atoms with Gasteiger partial charge < -0.3 is 16.0 Å². The Labute approximate surface area is 157 Å². The third-order valence-corrected chi connectivity index (χ3v) is 4.44. The van der Waals surface area contributed by atoms with Gasteiger partial charge in [0.2, 0.25) is 5.91 Å². The van der Waals surface area contributed by atoms with Crippen LogP contribution in [-0.2, 0) is 4.79 Å². The molecule has 1 atom stereocenters. The molecule has 6 nitrogen and oxygen atoms in total. The minimum absolute atomic E-state index is 0.282. The molecular weight excluding hydrogens is 359 g/mol. The van der Waals surface area contributed by atoms with Gasteiger partial charge in [0.15, 0.2) is 23.4 Å². The van der Waals surface area contributed by atoms with Crippen molar-refractivity contribution in [2.75, 3.05) is 38.0 Å². The Bertz CT molecular complexity index is 683. The van der Waals surface area contributed by atoms with Crippen LogP contribution in [0.3, 0.4) is 0 Å². The van der Waals surface area contributed by atoms with Crippen molar-refractivity contribution >= 4 is 17.6 Å². The van der Waals surface area contributed by atoms with E-state index in [1.807, 2.05) is 6.92 Å². The number of rotatable bonds is 7. The van der Waals surface area contributed by atoms with Crippen molar-refractivity contribution in [1.29, 1.82) is 0 Å². The van der Waals surface area contributed by atoms with Crippen LogP contribution < -0.4 is 16.0 Å². The number of carbonyl (C=O) groups is 1. The number of nitrogens with zero attached hydrogens (tertiary/aromatic N) is 2. The molecule has 150 valence electrons. The average molecular weight is 385 g/mol. The fourth-order valence-electron chi connectivity index (χ4n) is 3.06. The summed E-state index contributed by atoms with van der Waals surface area (Å²) in [6.07, 6.45) is 2.27. The number of nitrogens with one attached hydrogen (secondary N) is 3. The lowest BCUT2D eigenvalue weighted by Gasteiger charge is -2.23. The lowest BCUT2D eigenvalue weighted by atomic mass is 10.2. The van der Waals surface area contributed by atoms with Crippen LogP contribution in [0.1, 0.15) is 26.7 Å². The van der Waals surface area contributed by atoms with Crippen LogP contribution in [-0.4, -0.2) is 55.5 Å². The SMILES string of the molecule is CCNC(=NCC(=O)Nc1ccc(F)c(F)c1F)NCC1CCCN1CC. The molecule has 0 bridgehead atoms. The highest BCUT2D eigenvalue weighted by Gasteiger charge is 2.22. The van der Waals surface area contributed by atoms with Gasteiger partial charge in [-0.25, -0.2) is 18.2 Å². The number of likely N-dealkylation sites (N-methyl/N-ethyl adjacent to an activating group) is 1. The minimum atomic E-state index is -1.62. The predicted octanol–water partition coefficient (Wildman–Crippen LogP) is 2.08. The van der Waals surface area contributed by atoms with Crippen molar-refractivity contribution in [3.63, 3.8) is 0 Å². The van der Waals surface area contributed by atoms with Gasteiger partial charge in [-0.1, -0.05) is 6.92 Å². The van der Waals surface area contributed by atoms with Gasteiger partial charge in [0.25, 0.3) is 0 Å². The van der Waals surface area contributed by atoms with Crippen LogP contribution in [0.15, 0.2) is 17.1 Å². The number of likely N-dealkylation sites (tertiary alicyclic amines) is 1. The zero-order valence-corrected chi connectivity index (χ0v) is 15.6. The summed E-state index contributed by atoms with van der Waals surface area (Å²) in [7, 11) is 0. The number of amides is 1. The van der Waals surface area contributed by atoms with Gasteiger partial charge >= 0.3 is 0 Å². The number of hydrogen-bond acceptors (Lipinski definition) is 3. The molecule has 0 spiro atoms. The Kier molecular flexibility index (Phi) is 7.90. The molecule has 1 aromatic rings. The summed E-state index contributed by atoms with van der Waals surface area (Å²) >= 11 is 0. The van der Waals surface area contributed by atoms with E-state index in [9.17, 15) is 18.0 Å². The first-order valence-electron chi connectivity index (χ1n) is 9.15. The summed E-state index contributed by atoms with van der Waals surface area (Å²) < 4.78 is 39.8. The molecule has 27 heavy (non-hydrogen) atoms. The van der Waals surface area contributed by atoms with Crippen molar-refractivity contribution in [2.45, 2.75) is 32.7 Å². The minimum Gasteiger partial charge on any atom is -0.357 e. The smallest absolute Gasteiger partial charge is 0.246 e. The molecule has 9 heteroatoms. The fraction of sp³-hybridized carbons (Fsp3) is 0.556. The molecule has 0 radical (unpaired) electrons. The van der Waals surface area contributed by atoms with E-state index in [1.165, 1.54) is 0 Å². The summed E-state index contributed by atoms with van der Waals surface area (Å²) in [6.45, 7) is 7.14. The standard InChI is InChI=1S/C18H26F3N5O/c1-3-22-18(23-10-12-6-5-9-26(12)4-2)24-11-15(27)25-14-8-7-13(19)16(20)17(14)21/h7-8,12H,3-6,9-11H2,1-2H3,(H,25,27)(H2,22,23,24). The van der Waals surface area contributed by atoms with Crippen LogP contribution >= 0.6 is 0 Å². The van der Waals surface area contributed by atoms with E-state index in [0.717, 1.165) is 38.1 Å². The Balaban J connectivity index is 1.91. The Morgan fingerprint density at radius 3 is 2.70 bits per heavy atom. The summed E-state index contributed by atoms with van der Waals surface area (Å²) in [5, 5.41) is 8.45. The third-order valence-electron chi connectivity index (χ3n) is 4.44. The largest absolute Gasteiger partial charge is 0.357 e. The van der Waals surface area contributed by atoms with Gasteiger partial charge in [-0.15, -0.1) is 0 Å². The van der Waals surface area contributed by atoms with E-state index in [1.54, 1.807) is 0 Å². The maximum atomic E-state index is 13.6. The Morgan fingerprint density at radius 1 is 1.22 bits per heavy atom. The van der Waals surface area contributed by atoms with Crippen LogP contribution in [0.4, 0.5) is 18.9 Å². The average Bonchev–Trinajstić information content (AvgIpc) is 3.12. The summed E-state index contributed by atoms with van der Waals surface area (Å²) in [5.74, 6) is -4.52. The van der Waals surface area contributed by atoms with E-state index in [2.05, 4.69) is 32.8 Å². The van der Waals surface area contributed by atoms with Gasteiger partial charge in [0.05, 0.1) is 5.69 Å². The molecule has 0 aromatic heterocycles. The van der Waals surface area contributed by atoms with Crippen molar-refractivity contribution in [1.82, 2.24) is 15.5 Å². The molecule has 1 heterocycles. The number of guanidine groups is 1. The van der Waals surface area contributed by atoms with Gasteiger partial charge in [-0.2, -0.15) is 0 Å². The molecule has 1 unspecified atom stereocenters. The third kappa shape index (κ3) is 5.85. The molecule has 0 aliphatic carbocycles. The number of halogens is 3. The van der Waals surface area contributed by atoms with Crippen LogP contribution in [0.25, 0.3) is 0 Å². The van der Waals surface area contributed by atoms with Gasteiger partial charge in [-0.3, -0.25) is 9.69 Å².